The number of para-hydroxylation sites is 3. The van der Waals surface area contributed by atoms with Gasteiger partial charge in [0.15, 0.2) is 6.61 Å². The summed E-state index contributed by atoms with van der Waals surface area (Å²) in [6, 6.07) is 24.4. The van der Waals surface area contributed by atoms with Crippen LogP contribution in [0.25, 0.3) is 34.0 Å². The lowest BCUT2D eigenvalue weighted by Gasteiger charge is -2.10. The number of hydrogen-bond acceptors (Lipinski definition) is 8. The molecule has 0 fully saturated rings. The topological polar surface area (TPSA) is 130 Å². The van der Waals surface area contributed by atoms with E-state index in [0.717, 1.165) is 11.8 Å². The van der Waals surface area contributed by atoms with Crippen LogP contribution in [-0.2, 0) is 19.1 Å². The predicted molar refractivity (Wildman–Crippen MR) is 156 cm³/mol. The fourth-order valence-corrected chi connectivity index (χ4v) is 4.17. The van der Waals surface area contributed by atoms with Crippen LogP contribution < -0.4 is 10.9 Å². The van der Waals surface area contributed by atoms with Gasteiger partial charge in [-0.3, -0.25) is 4.79 Å². The van der Waals surface area contributed by atoms with Crippen molar-refractivity contribution in [1.29, 1.82) is 0 Å². The molecule has 5 rings (SSSR count). The molecule has 0 aliphatic carbocycles. The van der Waals surface area contributed by atoms with E-state index in [2.05, 4.69) is 10.4 Å². The number of rotatable bonds is 9. The lowest BCUT2D eigenvalue weighted by Crippen LogP contribution is -2.21. The lowest BCUT2D eigenvalue weighted by atomic mass is 10.1. The van der Waals surface area contributed by atoms with Crippen molar-refractivity contribution in [2.45, 2.75) is 6.92 Å². The Morgan fingerprint density at radius 2 is 1.69 bits per heavy atom. The van der Waals surface area contributed by atoms with Crippen LogP contribution in [0, 0.1) is 0 Å². The third-order valence-electron chi connectivity index (χ3n) is 6.10. The van der Waals surface area contributed by atoms with Crippen molar-refractivity contribution in [3.8, 4) is 16.9 Å². The second kappa shape index (κ2) is 12.6. The van der Waals surface area contributed by atoms with E-state index in [1.165, 1.54) is 12.1 Å². The number of anilines is 1. The summed E-state index contributed by atoms with van der Waals surface area (Å²) in [5.41, 5.74) is 1.99. The average Bonchev–Trinajstić information content (AvgIpc) is 3.43. The zero-order valence-corrected chi connectivity index (χ0v) is 22.5. The van der Waals surface area contributed by atoms with E-state index in [1.54, 1.807) is 54.2 Å². The number of nitrogens with one attached hydrogen (secondary N) is 1. The number of nitrogens with zero attached hydrogens (tertiary/aromatic N) is 2. The maximum absolute atomic E-state index is 12.9. The van der Waals surface area contributed by atoms with Crippen molar-refractivity contribution in [2.24, 2.45) is 0 Å². The molecule has 0 atom stereocenters. The number of aromatic nitrogens is 2. The molecule has 0 saturated carbocycles. The lowest BCUT2D eigenvalue weighted by molar-refractivity contribution is -0.142. The number of fused-ring (bicyclic) bond motifs is 1. The minimum atomic E-state index is -0.798. The number of amides is 1. The fraction of sp³-hybridized carbons (Fsp3) is 0.0938. The van der Waals surface area contributed by atoms with Crippen molar-refractivity contribution in [2.75, 3.05) is 18.5 Å². The second-order valence-electron chi connectivity index (χ2n) is 8.95. The molecule has 0 radical (unpaired) electrons. The van der Waals surface area contributed by atoms with Gasteiger partial charge in [-0.25, -0.2) is 19.1 Å². The highest BCUT2D eigenvalue weighted by Gasteiger charge is 2.17. The Morgan fingerprint density at radius 3 is 2.50 bits per heavy atom. The summed E-state index contributed by atoms with van der Waals surface area (Å²) in [5.74, 6) is -2.02. The normalized spacial score (nSPS) is 11.0. The molecule has 210 valence electrons. The molecule has 5 aromatic rings. The average molecular weight is 564 g/mol. The number of carbonyl (C=O) groups is 3. The first-order chi connectivity index (χ1) is 20.4. The first kappa shape index (κ1) is 27.8. The predicted octanol–water partition coefficient (Wildman–Crippen LogP) is 5.02. The van der Waals surface area contributed by atoms with Crippen LogP contribution in [0.5, 0.6) is 0 Å². The quantitative estimate of drug-likeness (QED) is 0.150. The molecule has 0 spiro atoms. The van der Waals surface area contributed by atoms with Crippen molar-refractivity contribution < 1.29 is 28.3 Å². The summed E-state index contributed by atoms with van der Waals surface area (Å²) in [5, 5.41) is 7.87. The maximum atomic E-state index is 12.9. The molecular weight excluding hydrogens is 538 g/mol. The van der Waals surface area contributed by atoms with E-state index in [1.807, 2.05) is 42.5 Å². The molecule has 2 aromatic heterocycles. The van der Waals surface area contributed by atoms with Gasteiger partial charge in [0.05, 0.1) is 29.1 Å². The Balaban J connectivity index is 1.35. The minimum Gasteiger partial charge on any atom is -0.462 e. The molecule has 42 heavy (non-hydrogen) atoms. The number of ether oxygens (including phenoxy) is 2. The molecule has 2 heterocycles. The smallest absolute Gasteiger partial charge is 0.345 e. The summed E-state index contributed by atoms with van der Waals surface area (Å²) in [7, 11) is 0. The Bertz CT molecular complexity index is 1860. The zero-order valence-electron chi connectivity index (χ0n) is 22.5. The van der Waals surface area contributed by atoms with Crippen LogP contribution in [0.4, 0.5) is 5.69 Å². The molecule has 10 heteroatoms. The van der Waals surface area contributed by atoms with Crippen LogP contribution in [0.1, 0.15) is 22.8 Å². The van der Waals surface area contributed by atoms with Crippen molar-refractivity contribution in [3.05, 3.63) is 119 Å². The molecule has 3 aromatic carbocycles. The summed E-state index contributed by atoms with van der Waals surface area (Å²) in [4.78, 5) is 50.0. The monoisotopic (exact) mass is 563 g/mol. The Hall–Kier alpha value is -5.77. The maximum Gasteiger partial charge on any atom is 0.345 e. The van der Waals surface area contributed by atoms with E-state index in [9.17, 15) is 19.2 Å². The third kappa shape index (κ3) is 6.34. The van der Waals surface area contributed by atoms with Gasteiger partial charge in [0.2, 0.25) is 0 Å². The molecule has 0 saturated heterocycles. The molecule has 0 bridgehead atoms. The summed E-state index contributed by atoms with van der Waals surface area (Å²) in [6.45, 7) is 1.27. The molecule has 0 aliphatic heterocycles. The standard InChI is InChI=1S/C32H25N3O7/c1-2-40-31(38)24-13-7-8-14-26(24)33-28(36)20-41-29(37)17-16-22-19-35(23-11-4-3-5-12-23)34-30(22)25-18-21-10-6-9-15-27(21)42-32(25)39/h3-19H,2,20H2,1H3,(H,33,36). The Kier molecular flexibility index (Phi) is 8.34. The molecule has 0 unspecified atom stereocenters. The van der Waals surface area contributed by atoms with E-state index in [4.69, 9.17) is 13.9 Å². The van der Waals surface area contributed by atoms with Crippen LogP contribution in [-0.4, -0.2) is 40.8 Å². The van der Waals surface area contributed by atoms with Gasteiger partial charge in [-0.05, 0) is 49.4 Å². The first-order valence-electron chi connectivity index (χ1n) is 13.0. The minimum absolute atomic E-state index is 0.181. The molecule has 10 nitrogen and oxygen atoms in total. The number of hydrogen-bond donors (Lipinski definition) is 1. The summed E-state index contributed by atoms with van der Waals surface area (Å²) < 4.78 is 17.2. The highest BCUT2D eigenvalue weighted by molar-refractivity contribution is 6.02. The highest BCUT2D eigenvalue weighted by Crippen LogP contribution is 2.25. The fourth-order valence-electron chi connectivity index (χ4n) is 4.17. The van der Waals surface area contributed by atoms with Crippen molar-refractivity contribution >= 4 is 40.6 Å². The zero-order chi connectivity index (χ0) is 29.5. The Labute approximate surface area is 239 Å². The van der Waals surface area contributed by atoms with Gasteiger partial charge in [0, 0.05) is 23.2 Å². The second-order valence-corrected chi connectivity index (χ2v) is 8.95. The number of esters is 2. The largest absolute Gasteiger partial charge is 0.462 e. The van der Waals surface area contributed by atoms with E-state index < -0.39 is 30.1 Å². The van der Waals surface area contributed by atoms with E-state index in [-0.39, 0.29) is 23.4 Å². The van der Waals surface area contributed by atoms with Crippen molar-refractivity contribution in [1.82, 2.24) is 9.78 Å². The Morgan fingerprint density at radius 1 is 0.952 bits per heavy atom. The van der Waals surface area contributed by atoms with Gasteiger partial charge < -0.3 is 19.2 Å². The van der Waals surface area contributed by atoms with Crippen LogP contribution >= 0.6 is 0 Å². The summed E-state index contributed by atoms with van der Waals surface area (Å²) in [6.07, 6.45) is 4.26. The first-order valence-corrected chi connectivity index (χ1v) is 13.0. The van der Waals surface area contributed by atoms with Crippen molar-refractivity contribution in [3.63, 3.8) is 0 Å². The molecule has 1 N–H and O–H groups in total. The van der Waals surface area contributed by atoms with Gasteiger partial charge in [-0.15, -0.1) is 0 Å². The van der Waals surface area contributed by atoms with Gasteiger partial charge in [-0.1, -0.05) is 48.5 Å². The highest BCUT2D eigenvalue weighted by atomic mass is 16.5. The number of carbonyl (C=O) groups excluding carboxylic acids is 3. The SMILES string of the molecule is CCOC(=O)c1ccccc1NC(=O)COC(=O)C=Cc1cn(-c2ccccc2)nc1-c1cc2ccccc2oc1=O. The van der Waals surface area contributed by atoms with Gasteiger partial charge in [-0.2, -0.15) is 5.10 Å². The van der Waals surface area contributed by atoms with E-state index >= 15 is 0 Å². The van der Waals surface area contributed by atoms with Crippen LogP contribution in [0.2, 0.25) is 0 Å². The summed E-state index contributed by atoms with van der Waals surface area (Å²) >= 11 is 0. The van der Waals surface area contributed by atoms with E-state index in [0.29, 0.717) is 22.2 Å². The number of benzene rings is 3. The molecular formula is C32H25N3O7. The van der Waals surface area contributed by atoms with Crippen LogP contribution in [0.3, 0.4) is 0 Å². The molecule has 0 aliphatic rings. The van der Waals surface area contributed by atoms with Gasteiger partial charge in [0.1, 0.15) is 11.3 Å². The third-order valence-corrected chi connectivity index (χ3v) is 6.10. The van der Waals surface area contributed by atoms with Gasteiger partial charge >= 0.3 is 17.6 Å². The van der Waals surface area contributed by atoms with Crippen LogP contribution in [0.15, 0.2) is 106 Å². The van der Waals surface area contributed by atoms with Gasteiger partial charge in [0.25, 0.3) is 5.91 Å². The molecule has 1 amide bonds.